The molecule has 0 saturated heterocycles. The molecule has 78 valence electrons. The first-order chi connectivity index (χ1) is 6.83. The van der Waals surface area contributed by atoms with Crippen LogP contribution in [-0.4, -0.2) is 35.0 Å². The van der Waals surface area contributed by atoms with Crippen LogP contribution in [0.3, 0.4) is 0 Å². The Labute approximate surface area is 91.8 Å². The number of benzene rings is 1. The molecular formula is C11H16O2Se. The van der Waals surface area contributed by atoms with E-state index in [0.717, 1.165) is 11.9 Å². The van der Waals surface area contributed by atoms with Crippen LogP contribution in [0.5, 0.6) is 0 Å². The van der Waals surface area contributed by atoms with Crippen LogP contribution >= 0.6 is 0 Å². The molecule has 0 heterocycles. The average Bonchev–Trinajstić information content (AvgIpc) is 2.25. The Morgan fingerprint density at radius 2 is 2.00 bits per heavy atom. The summed E-state index contributed by atoms with van der Waals surface area (Å²) in [5.74, 6) is 0. The first kappa shape index (κ1) is 11.7. The van der Waals surface area contributed by atoms with Crippen molar-refractivity contribution < 1.29 is 9.47 Å². The van der Waals surface area contributed by atoms with E-state index in [4.69, 9.17) is 9.47 Å². The SMILES string of the molecule is COC(C)OCC[Se]c1ccccc1. The maximum atomic E-state index is 5.41. The van der Waals surface area contributed by atoms with Crippen LogP contribution in [0, 0.1) is 0 Å². The van der Waals surface area contributed by atoms with E-state index in [9.17, 15) is 0 Å². The molecule has 0 amide bonds. The molecule has 1 rings (SSSR count). The Kier molecular flexibility index (Phi) is 5.88. The van der Waals surface area contributed by atoms with Crippen LogP contribution in [0.2, 0.25) is 5.32 Å². The van der Waals surface area contributed by atoms with Gasteiger partial charge in [0.1, 0.15) is 0 Å². The molecule has 0 aliphatic carbocycles. The molecule has 1 aromatic rings. The van der Waals surface area contributed by atoms with Gasteiger partial charge in [-0.2, -0.15) is 0 Å². The molecule has 0 bridgehead atoms. The van der Waals surface area contributed by atoms with Crippen LogP contribution in [0.25, 0.3) is 0 Å². The first-order valence-corrected chi connectivity index (χ1v) is 6.72. The number of hydrogen-bond acceptors (Lipinski definition) is 2. The van der Waals surface area contributed by atoms with Crippen LogP contribution in [0.4, 0.5) is 0 Å². The van der Waals surface area contributed by atoms with Gasteiger partial charge in [-0.15, -0.1) is 0 Å². The summed E-state index contributed by atoms with van der Waals surface area (Å²) in [6.45, 7) is 2.69. The summed E-state index contributed by atoms with van der Waals surface area (Å²) in [4.78, 5) is 0. The third-order valence-corrected chi connectivity index (χ3v) is 3.83. The van der Waals surface area contributed by atoms with Gasteiger partial charge in [0, 0.05) is 0 Å². The Morgan fingerprint density at radius 1 is 1.29 bits per heavy atom. The molecule has 1 atom stereocenters. The summed E-state index contributed by atoms with van der Waals surface area (Å²) in [5, 5.41) is 1.10. The third-order valence-electron chi connectivity index (χ3n) is 1.78. The minimum atomic E-state index is -0.0819. The predicted octanol–water partition coefficient (Wildman–Crippen LogP) is 1.44. The summed E-state index contributed by atoms with van der Waals surface area (Å²) in [7, 11) is 1.66. The zero-order chi connectivity index (χ0) is 10.2. The average molecular weight is 259 g/mol. The standard InChI is InChI=1S/C11H16O2Se/c1-10(12-2)13-8-9-14-11-6-4-3-5-7-11/h3-7,10H,8-9H2,1-2H3. The van der Waals surface area contributed by atoms with Crippen molar-refractivity contribution in [2.24, 2.45) is 0 Å². The normalized spacial score (nSPS) is 12.7. The van der Waals surface area contributed by atoms with Crippen LogP contribution in [0.15, 0.2) is 30.3 Å². The van der Waals surface area contributed by atoms with Crippen molar-refractivity contribution in [2.75, 3.05) is 13.7 Å². The molecule has 1 aromatic carbocycles. The zero-order valence-corrected chi connectivity index (χ0v) is 10.3. The van der Waals surface area contributed by atoms with E-state index < -0.39 is 0 Å². The fraction of sp³-hybridized carbons (Fsp3) is 0.455. The topological polar surface area (TPSA) is 18.5 Å². The second-order valence-electron chi connectivity index (χ2n) is 2.84. The van der Waals surface area contributed by atoms with Gasteiger partial charge in [-0.05, 0) is 0 Å². The van der Waals surface area contributed by atoms with Gasteiger partial charge in [-0.1, -0.05) is 0 Å². The van der Waals surface area contributed by atoms with E-state index in [-0.39, 0.29) is 6.29 Å². The molecule has 0 fully saturated rings. The number of methoxy groups -OCH3 is 1. The Morgan fingerprint density at radius 3 is 2.64 bits per heavy atom. The Balaban J connectivity index is 2.10. The van der Waals surface area contributed by atoms with Crippen LogP contribution < -0.4 is 4.46 Å². The summed E-state index contributed by atoms with van der Waals surface area (Å²) in [5.41, 5.74) is 0. The molecule has 1 unspecified atom stereocenters. The van der Waals surface area contributed by atoms with Crippen molar-refractivity contribution in [3.05, 3.63) is 30.3 Å². The molecule has 0 spiro atoms. The number of ether oxygens (including phenoxy) is 2. The fourth-order valence-corrected chi connectivity index (χ4v) is 2.56. The number of hydrogen-bond donors (Lipinski definition) is 0. The quantitative estimate of drug-likeness (QED) is 0.437. The van der Waals surface area contributed by atoms with Gasteiger partial charge in [0.25, 0.3) is 0 Å². The monoisotopic (exact) mass is 260 g/mol. The van der Waals surface area contributed by atoms with Crippen molar-refractivity contribution in [3.63, 3.8) is 0 Å². The van der Waals surface area contributed by atoms with Crippen molar-refractivity contribution in [2.45, 2.75) is 18.5 Å². The van der Waals surface area contributed by atoms with Gasteiger partial charge in [0.15, 0.2) is 0 Å². The molecule has 0 saturated carbocycles. The van der Waals surface area contributed by atoms with Gasteiger partial charge < -0.3 is 0 Å². The molecule has 3 heteroatoms. The second-order valence-corrected chi connectivity index (χ2v) is 5.29. The van der Waals surface area contributed by atoms with Crippen molar-refractivity contribution in [1.82, 2.24) is 0 Å². The van der Waals surface area contributed by atoms with Gasteiger partial charge in [0.05, 0.1) is 0 Å². The maximum absolute atomic E-state index is 5.41. The van der Waals surface area contributed by atoms with Crippen molar-refractivity contribution in [3.8, 4) is 0 Å². The molecular weight excluding hydrogens is 243 g/mol. The van der Waals surface area contributed by atoms with E-state index in [0.29, 0.717) is 15.0 Å². The fourth-order valence-electron chi connectivity index (χ4n) is 0.958. The molecule has 2 nitrogen and oxygen atoms in total. The molecule has 0 aromatic heterocycles. The van der Waals surface area contributed by atoms with Crippen molar-refractivity contribution >= 4 is 19.4 Å². The van der Waals surface area contributed by atoms with E-state index in [1.54, 1.807) is 7.11 Å². The van der Waals surface area contributed by atoms with Crippen LogP contribution in [-0.2, 0) is 9.47 Å². The van der Waals surface area contributed by atoms with Gasteiger partial charge >= 0.3 is 91.5 Å². The van der Waals surface area contributed by atoms with E-state index in [1.807, 2.05) is 13.0 Å². The first-order valence-electron chi connectivity index (χ1n) is 4.65. The third kappa shape index (κ3) is 4.77. The van der Waals surface area contributed by atoms with Gasteiger partial charge in [0.2, 0.25) is 0 Å². The van der Waals surface area contributed by atoms with E-state index in [2.05, 4.69) is 24.3 Å². The summed E-state index contributed by atoms with van der Waals surface area (Å²) >= 11 is 0.523. The molecule has 0 N–H and O–H groups in total. The molecule has 0 radical (unpaired) electrons. The Bertz CT molecular complexity index is 238. The summed E-state index contributed by atoms with van der Waals surface area (Å²) in [6.07, 6.45) is -0.0819. The summed E-state index contributed by atoms with van der Waals surface area (Å²) in [6, 6.07) is 10.5. The Hall–Kier alpha value is -0.341. The van der Waals surface area contributed by atoms with E-state index in [1.165, 1.54) is 4.46 Å². The summed E-state index contributed by atoms with van der Waals surface area (Å²) < 4.78 is 11.8. The van der Waals surface area contributed by atoms with Gasteiger partial charge in [-0.25, -0.2) is 0 Å². The predicted molar refractivity (Wildman–Crippen MR) is 59.1 cm³/mol. The molecule has 0 aliphatic heterocycles. The molecule has 14 heavy (non-hydrogen) atoms. The number of rotatable bonds is 6. The zero-order valence-electron chi connectivity index (χ0n) is 8.60. The van der Waals surface area contributed by atoms with Crippen molar-refractivity contribution in [1.29, 1.82) is 0 Å². The molecule has 0 aliphatic rings. The van der Waals surface area contributed by atoms with Crippen LogP contribution in [0.1, 0.15) is 6.92 Å². The van der Waals surface area contributed by atoms with E-state index >= 15 is 0 Å². The van der Waals surface area contributed by atoms with Gasteiger partial charge in [-0.3, -0.25) is 0 Å². The minimum absolute atomic E-state index is 0.0819. The second kappa shape index (κ2) is 7.02.